The van der Waals surface area contributed by atoms with Crippen LogP contribution in [0.15, 0.2) is 34.1 Å². The molecule has 1 aliphatic rings. The number of nitrogens with zero attached hydrogens (tertiary/aromatic N) is 2. The van der Waals surface area contributed by atoms with Crippen LogP contribution < -0.4 is 9.80 Å². The Morgan fingerprint density at radius 1 is 0.667 bits per heavy atom. The SMILES string of the molecule is CN(C)c1ccc2c3c(ccc(N(C)C)c13)SS2. The third kappa shape index (κ3) is 1.67. The zero-order valence-electron chi connectivity index (χ0n) is 11.0. The molecule has 0 N–H and O–H groups in total. The van der Waals surface area contributed by atoms with Gasteiger partial charge in [0.25, 0.3) is 0 Å². The second-order valence-corrected chi connectivity index (χ2v) is 7.08. The van der Waals surface area contributed by atoms with Crippen molar-refractivity contribution in [3.05, 3.63) is 24.3 Å². The van der Waals surface area contributed by atoms with E-state index in [-0.39, 0.29) is 0 Å². The minimum atomic E-state index is 1.29. The molecule has 1 heterocycles. The Hall–Kier alpha value is -1.00. The number of anilines is 2. The summed E-state index contributed by atoms with van der Waals surface area (Å²) >= 11 is 0. The third-order valence-corrected chi connectivity index (χ3v) is 5.68. The minimum absolute atomic E-state index is 1.29. The normalized spacial score (nSPS) is 13.1. The van der Waals surface area contributed by atoms with E-state index in [0.29, 0.717) is 0 Å². The summed E-state index contributed by atoms with van der Waals surface area (Å²) in [5.74, 6) is 0. The van der Waals surface area contributed by atoms with Gasteiger partial charge in [-0.25, -0.2) is 0 Å². The van der Waals surface area contributed by atoms with E-state index >= 15 is 0 Å². The average molecular weight is 276 g/mol. The topological polar surface area (TPSA) is 6.48 Å². The summed E-state index contributed by atoms with van der Waals surface area (Å²) in [6, 6.07) is 8.94. The molecule has 1 aliphatic heterocycles. The number of rotatable bonds is 2. The Bertz CT molecular complexity index is 570. The zero-order valence-corrected chi connectivity index (χ0v) is 12.7. The molecular formula is C14H16N2S2. The molecule has 2 aromatic rings. The van der Waals surface area contributed by atoms with Gasteiger partial charge in [0.05, 0.1) is 0 Å². The van der Waals surface area contributed by atoms with E-state index in [1.54, 1.807) is 0 Å². The Morgan fingerprint density at radius 2 is 1.11 bits per heavy atom. The molecule has 0 fully saturated rings. The molecule has 3 rings (SSSR count). The Balaban J connectivity index is 2.45. The smallest absolute Gasteiger partial charge is 0.0462 e. The Kier molecular flexibility index (Phi) is 2.87. The van der Waals surface area contributed by atoms with Crippen LogP contribution in [0.4, 0.5) is 11.4 Å². The largest absolute Gasteiger partial charge is 0.377 e. The van der Waals surface area contributed by atoms with E-state index in [1.165, 1.54) is 31.9 Å². The molecule has 0 unspecified atom stereocenters. The quantitative estimate of drug-likeness (QED) is 0.762. The highest BCUT2D eigenvalue weighted by Crippen LogP contribution is 2.54. The van der Waals surface area contributed by atoms with Crippen molar-refractivity contribution in [3.8, 4) is 0 Å². The summed E-state index contributed by atoms with van der Waals surface area (Å²) in [7, 11) is 12.2. The molecule has 94 valence electrons. The van der Waals surface area contributed by atoms with Gasteiger partial charge in [0.15, 0.2) is 0 Å². The van der Waals surface area contributed by atoms with Crippen molar-refractivity contribution in [2.75, 3.05) is 38.0 Å². The first kappa shape index (κ1) is 12.1. The van der Waals surface area contributed by atoms with Crippen molar-refractivity contribution < 1.29 is 0 Å². The van der Waals surface area contributed by atoms with Crippen LogP contribution in [0.2, 0.25) is 0 Å². The zero-order chi connectivity index (χ0) is 12.9. The van der Waals surface area contributed by atoms with Gasteiger partial charge in [0.2, 0.25) is 0 Å². The fourth-order valence-corrected chi connectivity index (χ4v) is 4.83. The summed E-state index contributed by atoms with van der Waals surface area (Å²) in [6.07, 6.45) is 0. The van der Waals surface area contributed by atoms with Crippen molar-refractivity contribution in [2.45, 2.75) is 9.79 Å². The van der Waals surface area contributed by atoms with Crippen LogP contribution in [0.3, 0.4) is 0 Å². The summed E-state index contributed by atoms with van der Waals surface area (Å²) in [4.78, 5) is 7.17. The van der Waals surface area contributed by atoms with Crippen LogP contribution in [0.5, 0.6) is 0 Å². The second kappa shape index (κ2) is 4.28. The maximum atomic E-state index is 2.24. The van der Waals surface area contributed by atoms with Crippen LogP contribution in [0.25, 0.3) is 10.8 Å². The first-order valence-electron chi connectivity index (χ1n) is 5.88. The Labute approximate surface area is 116 Å². The van der Waals surface area contributed by atoms with E-state index in [1.807, 2.05) is 21.6 Å². The number of hydrogen-bond donors (Lipinski definition) is 0. The van der Waals surface area contributed by atoms with Gasteiger partial charge in [-0.1, -0.05) is 21.6 Å². The van der Waals surface area contributed by atoms with E-state index in [9.17, 15) is 0 Å². The highest BCUT2D eigenvalue weighted by atomic mass is 33.1. The lowest BCUT2D eigenvalue weighted by molar-refractivity contribution is 1.12. The van der Waals surface area contributed by atoms with Gasteiger partial charge in [0.1, 0.15) is 0 Å². The maximum Gasteiger partial charge on any atom is 0.0462 e. The molecule has 0 saturated carbocycles. The second-order valence-electron chi connectivity index (χ2n) is 4.87. The van der Waals surface area contributed by atoms with Gasteiger partial charge < -0.3 is 9.80 Å². The van der Waals surface area contributed by atoms with Crippen molar-refractivity contribution >= 4 is 43.7 Å². The van der Waals surface area contributed by atoms with Gasteiger partial charge in [-0.15, -0.1) is 0 Å². The maximum absolute atomic E-state index is 2.24. The molecule has 0 aromatic heterocycles. The first-order valence-corrected chi connectivity index (χ1v) is 8.03. The lowest BCUT2D eigenvalue weighted by Crippen LogP contribution is -2.13. The molecular weight excluding hydrogens is 260 g/mol. The Morgan fingerprint density at radius 3 is 1.50 bits per heavy atom. The van der Waals surface area contributed by atoms with Gasteiger partial charge in [-0.05, 0) is 24.3 Å². The fraction of sp³-hybridized carbons (Fsp3) is 0.286. The molecule has 0 atom stereocenters. The van der Waals surface area contributed by atoms with Crippen LogP contribution in [0, 0.1) is 0 Å². The standard InChI is InChI=1S/C14H16N2S2/c1-15(2)9-5-7-11-14-12(18-17-11)8-6-10(13(9)14)16(3)4/h5-8H,1-4H3. The lowest BCUT2D eigenvalue weighted by Gasteiger charge is -2.22. The van der Waals surface area contributed by atoms with E-state index < -0.39 is 0 Å². The van der Waals surface area contributed by atoms with Crippen molar-refractivity contribution in [3.63, 3.8) is 0 Å². The summed E-state index contributed by atoms with van der Waals surface area (Å²) in [6.45, 7) is 0. The highest BCUT2D eigenvalue weighted by Gasteiger charge is 2.21. The van der Waals surface area contributed by atoms with Crippen molar-refractivity contribution in [2.24, 2.45) is 0 Å². The average Bonchev–Trinajstić information content (AvgIpc) is 2.74. The summed E-state index contributed by atoms with van der Waals surface area (Å²) < 4.78 is 0. The first-order chi connectivity index (χ1) is 8.59. The van der Waals surface area contributed by atoms with Gasteiger partial charge >= 0.3 is 0 Å². The molecule has 0 amide bonds. The monoisotopic (exact) mass is 276 g/mol. The molecule has 0 radical (unpaired) electrons. The van der Waals surface area contributed by atoms with E-state index in [4.69, 9.17) is 0 Å². The molecule has 0 aliphatic carbocycles. The van der Waals surface area contributed by atoms with Crippen LogP contribution in [-0.2, 0) is 0 Å². The molecule has 0 bridgehead atoms. The predicted octanol–water partition coefficient (Wildman–Crippen LogP) is 4.08. The number of benzene rings is 2. The molecule has 0 saturated heterocycles. The number of hydrogen-bond acceptors (Lipinski definition) is 4. The van der Waals surface area contributed by atoms with Crippen molar-refractivity contribution in [1.29, 1.82) is 0 Å². The molecule has 2 aromatic carbocycles. The van der Waals surface area contributed by atoms with E-state index in [2.05, 4.69) is 62.3 Å². The molecule has 2 nitrogen and oxygen atoms in total. The van der Waals surface area contributed by atoms with Crippen molar-refractivity contribution in [1.82, 2.24) is 0 Å². The van der Waals surface area contributed by atoms with Gasteiger partial charge in [-0.3, -0.25) is 0 Å². The van der Waals surface area contributed by atoms with Crippen LogP contribution in [-0.4, -0.2) is 28.2 Å². The van der Waals surface area contributed by atoms with Gasteiger partial charge in [0, 0.05) is 60.1 Å². The summed E-state index contributed by atoms with van der Waals surface area (Å²) in [5.41, 5.74) is 2.59. The van der Waals surface area contributed by atoms with E-state index in [0.717, 1.165) is 0 Å². The molecule has 4 heteroatoms. The van der Waals surface area contributed by atoms with Crippen LogP contribution >= 0.6 is 21.6 Å². The molecule has 0 spiro atoms. The molecule has 18 heavy (non-hydrogen) atoms. The highest BCUT2D eigenvalue weighted by molar-refractivity contribution is 8.77. The third-order valence-electron chi connectivity index (χ3n) is 3.23. The lowest BCUT2D eigenvalue weighted by atomic mass is 10.1. The predicted molar refractivity (Wildman–Crippen MR) is 84.3 cm³/mol. The fourth-order valence-electron chi connectivity index (χ4n) is 2.37. The van der Waals surface area contributed by atoms with Gasteiger partial charge in [-0.2, -0.15) is 0 Å². The summed E-state index contributed by atoms with van der Waals surface area (Å²) in [5, 5.41) is 2.79. The van der Waals surface area contributed by atoms with Crippen LogP contribution in [0.1, 0.15) is 0 Å². The minimum Gasteiger partial charge on any atom is -0.377 e.